The third kappa shape index (κ3) is 4.65. The fraction of sp³-hybridized carbons (Fsp3) is 0.136. The van der Waals surface area contributed by atoms with E-state index in [-0.39, 0.29) is 22.0 Å². The molecular formula is C22H20F2N2O3S. The van der Waals surface area contributed by atoms with Crippen LogP contribution < -0.4 is 9.62 Å². The van der Waals surface area contributed by atoms with Crippen molar-refractivity contribution in [2.75, 3.05) is 11.4 Å². The Balaban J connectivity index is 1.81. The van der Waals surface area contributed by atoms with Crippen LogP contribution >= 0.6 is 0 Å². The summed E-state index contributed by atoms with van der Waals surface area (Å²) in [5.41, 5.74) is 1.17. The van der Waals surface area contributed by atoms with Crippen LogP contribution in [-0.4, -0.2) is 21.4 Å². The normalized spacial score (nSPS) is 12.3. The van der Waals surface area contributed by atoms with E-state index in [1.165, 1.54) is 67.7 Å². The average Bonchev–Trinajstić information content (AvgIpc) is 2.74. The maximum Gasteiger partial charge on any atom is 0.264 e. The van der Waals surface area contributed by atoms with Crippen molar-refractivity contribution in [3.05, 3.63) is 95.6 Å². The van der Waals surface area contributed by atoms with Crippen LogP contribution in [0.3, 0.4) is 0 Å². The van der Waals surface area contributed by atoms with E-state index in [1.807, 2.05) is 0 Å². The van der Waals surface area contributed by atoms with E-state index in [0.717, 1.165) is 4.31 Å². The number of carbonyl (C=O) groups excluding carboxylic acids is 1. The number of benzene rings is 3. The molecular weight excluding hydrogens is 410 g/mol. The number of halogens is 2. The number of hydrogen-bond donors (Lipinski definition) is 1. The molecule has 1 amide bonds. The lowest BCUT2D eigenvalue weighted by Crippen LogP contribution is -2.28. The van der Waals surface area contributed by atoms with Gasteiger partial charge in [0.1, 0.15) is 11.6 Å². The number of sulfonamides is 1. The summed E-state index contributed by atoms with van der Waals surface area (Å²) in [7, 11) is -2.60. The Bertz CT molecular complexity index is 1150. The van der Waals surface area contributed by atoms with Gasteiger partial charge in [0, 0.05) is 12.6 Å². The predicted octanol–water partition coefficient (Wildman–Crippen LogP) is 4.28. The third-order valence-corrected chi connectivity index (χ3v) is 6.44. The molecule has 0 radical (unpaired) electrons. The summed E-state index contributed by atoms with van der Waals surface area (Å²) in [6.45, 7) is 1.74. The van der Waals surface area contributed by atoms with E-state index >= 15 is 0 Å². The molecule has 0 bridgehead atoms. The Hall–Kier alpha value is -3.26. The quantitative estimate of drug-likeness (QED) is 0.635. The van der Waals surface area contributed by atoms with Gasteiger partial charge in [-0.2, -0.15) is 0 Å². The summed E-state index contributed by atoms with van der Waals surface area (Å²) in [5, 5.41) is 2.77. The summed E-state index contributed by atoms with van der Waals surface area (Å²) in [6.07, 6.45) is 0. The maximum absolute atomic E-state index is 13.1. The zero-order chi connectivity index (χ0) is 21.9. The molecule has 0 aliphatic heterocycles. The number of nitrogens with one attached hydrogen (secondary N) is 1. The number of hydrogen-bond acceptors (Lipinski definition) is 3. The van der Waals surface area contributed by atoms with Crippen LogP contribution in [0.15, 0.2) is 77.7 Å². The predicted molar refractivity (Wildman–Crippen MR) is 111 cm³/mol. The smallest absolute Gasteiger partial charge is 0.264 e. The molecule has 1 atom stereocenters. The van der Waals surface area contributed by atoms with Crippen molar-refractivity contribution in [1.29, 1.82) is 0 Å². The van der Waals surface area contributed by atoms with Crippen molar-refractivity contribution < 1.29 is 22.0 Å². The first kappa shape index (κ1) is 21.4. The van der Waals surface area contributed by atoms with E-state index < -0.39 is 27.8 Å². The number of nitrogens with zero attached hydrogens (tertiary/aromatic N) is 1. The second-order valence-corrected chi connectivity index (χ2v) is 8.69. The average molecular weight is 430 g/mol. The minimum Gasteiger partial charge on any atom is -0.346 e. The van der Waals surface area contributed by atoms with Crippen LogP contribution in [0.4, 0.5) is 14.5 Å². The largest absolute Gasteiger partial charge is 0.346 e. The molecule has 3 aromatic carbocycles. The van der Waals surface area contributed by atoms with Gasteiger partial charge < -0.3 is 5.32 Å². The van der Waals surface area contributed by atoms with Gasteiger partial charge in [-0.15, -0.1) is 0 Å². The molecule has 5 nitrogen and oxygen atoms in total. The fourth-order valence-corrected chi connectivity index (χ4v) is 4.10. The number of carbonyl (C=O) groups is 1. The molecule has 0 heterocycles. The molecule has 156 valence electrons. The van der Waals surface area contributed by atoms with Gasteiger partial charge in [0.05, 0.1) is 16.6 Å². The van der Waals surface area contributed by atoms with E-state index in [1.54, 1.807) is 19.1 Å². The van der Waals surface area contributed by atoms with Crippen molar-refractivity contribution in [2.24, 2.45) is 0 Å². The highest BCUT2D eigenvalue weighted by Crippen LogP contribution is 2.23. The van der Waals surface area contributed by atoms with Gasteiger partial charge in [-0.3, -0.25) is 9.10 Å². The van der Waals surface area contributed by atoms with Crippen LogP contribution in [0.5, 0.6) is 0 Å². The van der Waals surface area contributed by atoms with Crippen LogP contribution in [0.1, 0.15) is 28.9 Å². The molecule has 0 fully saturated rings. The minimum atomic E-state index is -3.96. The highest BCUT2D eigenvalue weighted by molar-refractivity contribution is 7.92. The molecule has 3 rings (SSSR count). The van der Waals surface area contributed by atoms with E-state index in [4.69, 9.17) is 0 Å². The Kier molecular flexibility index (Phi) is 6.17. The van der Waals surface area contributed by atoms with Gasteiger partial charge in [0.25, 0.3) is 15.9 Å². The highest BCUT2D eigenvalue weighted by Gasteiger charge is 2.23. The zero-order valence-electron chi connectivity index (χ0n) is 16.3. The molecule has 0 unspecified atom stereocenters. The number of rotatable bonds is 6. The molecule has 0 aliphatic carbocycles. The zero-order valence-corrected chi connectivity index (χ0v) is 17.2. The van der Waals surface area contributed by atoms with Crippen LogP contribution in [0.25, 0.3) is 0 Å². The first-order chi connectivity index (χ1) is 14.2. The maximum atomic E-state index is 13.1. The molecule has 30 heavy (non-hydrogen) atoms. The SMILES string of the molecule is C[C@@H](NC(=O)c1cccc(S(=O)(=O)N(C)c2ccc(F)cc2)c1)c1ccc(F)cc1. The molecule has 0 saturated carbocycles. The van der Waals surface area contributed by atoms with Gasteiger partial charge in [-0.25, -0.2) is 17.2 Å². The van der Waals surface area contributed by atoms with Gasteiger partial charge >= 0.3 is 0 Å². The second kappa shape index (κ2) is 8.62. The lowest BCUT2D eigenvalue weighted by atomic mass is 10.1. The Morgan fingerprint density at radius 1 is 0.933 bits per heavy atom. The van der Waals surface area contributed by atoms with Crippen molar-refractivity contribution in [3.8, 4) is 0 Å². The summed E-state index contributed by atoms with van der Waals surface area (Å²) < 4.78 is 53.1. The molecule has 0 spiro atoms. The molecule has 0 saturated heterocycles. The standard InChI is InChI=1S/C22H20F2N2O3S/c1-15(16-6-8-18(23)9-7-16)25-22(27)17-4-3-5-21(14-17)30(28,29)26(2)20-12-10-19(24)11-13-20/h3-15H,1-2H3,(H,25,27)/t15-/m1/s1. The topological polar surface area (TPSA) is 66.5 Å². The summed E-state index contributed by atoms with van der Waals surface area (Å²) >= 11 is 0. The highest BCUT2D eigenvalue weighted by atomic mass is 32.2. The van der Waals surface area contributed by atoms with Gasteiger partial charge in [0.15, 0.2) is 0 Å². The summed E-state index contributed by atoms with van der Waals surface area (Å²) in [5.74, 6) is -1.31. The van der Waals surface area contributed by atoms with E-state index in [9.17, 15) is 22.0 Å². The lowest BCUT2D eigenvalue weighted by molar-refractivity contribution is 0.0939. The van der Waals surface area contributed by atoms with Gasteiger partial charge in [-0.1, -0.05) is 18.2 Å². The fourth-order valence-electron chi connectivity index (χ4n) is 2.86. The second-order valence-electron chi connectivity index (χ2n) is 6.72. The van der Waals surface area contributed by atoms with Crippen molar-refractivity contribution in [3.63, 3.8) is 0 Å². The Morgan fingerprint density at radius 2 is 1.50 bits per heavy atom. The van der Waals surface area contributed by atoms with Crippen LogP contribution in [0, 0.1) is 11.6 Å². The van der Waals surface area contributed by atoms with Crippen molar-refractivity contribution in [2.45, 2.75) is 17.9 Å². The molecule has 1 N–H and O–H groups in total. The first-order valence-electron chi connectivity index (χ1n) is 9.09. The van der Waals surface area contributed by atoms with Crippen molar-refractivity contribution in [1.82, 2.24) is 5.32 Å². The van der Waals surface area contributed by atoms with Gasteiger partial charge in [0.2, 0.25) is 0 Å². The molecule has 0 aromatic heterocycles. The minimum absolute atomic E-state index is 0.0728. The van der Waals surface area contributed by atoms with Gasteiger partial charge in [-0.05, 0) is 67.1 Å². The van der Waals surface area contributed by atoms with E-state index in [0.29, 0.717) is 5.56 Å². The molecule has 8 heteroatoms. The Morgan fingerprint density at radius 3 is 2.10 bits per heavy atom. The van der Waals surface area contributed by atoms with Crippen molar-refractivity contribution >= 4 is 21.6 Å². The lowest BCUT2D eigenvalue weighted by Gasteiger charge is -2.20. The Labute approximate surface area is 174 Å². The van der Waals surface area contributed by atoms with Crippen LogP contribution in [-0.2, 0) is 10.0 Å². The van der Waals surface area contributed by atoms with E-state index in [2.05, 4.69) is 5.32 Å². The monoisotopic (exact) mass is 430 g/mol. The molecule has 0 aliphatic rings. The first-order valence-corrected chi connectivity index (χ1v) is 10.5. The summed E-state index contributed by atoms with van der Waals surface area (Å²) in [4.78, 5) is 12.5. The third-order valence-electron chi connectivity index (χ3n) is 4.66. The summed E-state index contributed by atoms with van der Waals surface area (Å²) in [6, 6.07) is 16.0. The molecule has 3 aromatic rings. The van der Waals surface area contributed by atoms with Crippen LogP contribution in [0.2, 0.25) is 0 Å². The number of anilines is 1. The number of amides is 1.